The zero-order chi connectivity index (χ0) is 37.8. The van der Waals surface area contributed by atoms with Crippen molar-refractivity contribution in [1.29, 1.82) is 0 Å². The molecule has 4 unspecified atom stereocenters. The second-order valence-electron chi connectivity index (χ2n) is 17.0. The van der Waals surface area contributed by atoms with Crippen LogP contribution in [-0.2, 0) is 25.6 Å². The third-order valence-corrected chi connectivity index (χ3v) is 13.1. The number of carbonyl (C=O) groups is 4. The van der Waals surface area contributed by atoms with Gasteiger partial charge in [-0.3, -0.25) is 19.2 Å². The molecule has 4 amide bonds. The van der Waals surface area contributed by atoms with Gasteiger partial charge in [0.1, 0.15) is 17.8 Å². The predicted molar refractivity (Wildman–Crippen MR) is 206 cm³/mol. The number of ether oxygens (including phenoxy) is 1. The average Bonchev–Trinajstić information content (AvgIpc) is 3.57. The summed E-state index contributed by atoms with van der Waals surface area (Å²) in [6, 6.07) is 20.2. The molecule has 2 saturated heterocycles. The van der Waals surface area contributed by atoms with Crippen molar-refractivity contribution in [2.24, 2.45) is 22.7 Å². The molecule has 11 heteroatoms. The summed E-state index contributed by atoms with van der Waals surface area (Å²) in [5.41, 5.74) is 0.629. The van der Waals surface area contributed by atoms with E-state index in [0.29, 0.717) is 44.4 Å². The second kappa shape index (κ2) is 14.2. The summed E-state index contributed by atoms with van der Waals surface area (Å²) < 4.78 is 5.59. The van der Waals surface area contributed by atoms with Crippen molar-refractivity contribution in [1.82, 2.24) is 20.0 Å². The lowest BCUT2D eigenvalue weighted by Gasteiger charge is -2.61. The number of aliphatic hydroxyl groups is 1. The highest BCUT2D eigenvalue weighted by molar-refractivity contribution is 5.95. The molecule has 2 N–H and O–H groups in total. The highest BCUT2D eigenvalue weighted by Crippen LogP contribution is 2.66. The van der Waals surface area contributed by atoms with Crippen LogP contribution in [-0.4, -0.2) is 116 Å². The molecule has 11 nitrogen and oxygen atoms in total. The Morgan fingerprint density at radius 1 is 0.870 bits per heavy atom. The Labute approximate surface area is 317 Å². The minimum Gasteiger partial charge on any atom is -0.495 e. The smallest absolute Gasteiger partial charge is 0.245 e. The number of rotatable bonds is 9. The molecule has 3 aromatic carbocycles. The van der Waals surface area contributed by atoms with Gasteiger partial charge in [-0.2, -0.15) is 0 Å². The van der Waals surface area contributed by atoms with Crippen LogP contribution >= 0.6 is 0 Å². The van der Waals surface area contributed by atoms with E-state index in [1.807, 2.05) is 65.6 Å². The number of aliphatic hydroxyl groups excluding tert-OH is 1. The number of fused-ring (bicyclic) bond motifs is 1. The molecule has 286 valence electrons. The lowest BCUT2D eigenvalue weighted by molar-refractivity contribution is -0.179. The number of nitrogens with zero attached hydrogens (tertiary/aromatic N) is 4. The highest BCUT2D eigenvalue weighted by atomic mass is 16.5. The van der Waals surface area contributed by atoms with E-state index in [1.165, 1.54) is 0 Å². The number of benzene rings is 3. The molecule has 2 heterocycles. The third kappa shape index (κ3) is 6.58. The highest BCUT2D eigenvalue weighted by Gasteiger charge is 2.64. The largest absolute Gasteiger partial charge is 0.495 e. The van der Waals surface area contributed by atoms with Crippen LogP contribution in [0.4, 0.5) is 5.69 Å². The molecule has 6 fully saturated rings. The maximum atomic E-state index is 14.8. The summed E-state index contributed by atoms with van der Waals surface area (Å²) in [7, 11) is 5.24. The van der Waals surface area contributed by atoms with Gasteiger partial charge in [0.15, 0.2) is 0 Å². The van der Waals surface area contributed by atoms with Gasteiger partial charge in [-0.05, 0) is 78.8 Å². The van der Waals surface area contributed by atoms with Crippen molar-refractivity contribution in [2.75, 3.05) is 58.8 Å². The van der Waals surface area contributed by atoms with E-state index in [2.05, 4.69) is 16.3 Å². The summed E-state index contributed by atoms with van der Waals surface area (Å²) >= 11 is 0. The Morgan fingerprint density at radius 2 is 1.54 bits per heavy atom. The number of nitrogens with one attached hydrogen (secondary N) is 1. The number of β-amino-alcohol motifs (C(OH)–C–C–N with tert-alkyl or cyclic N) is 1. The summed E-state index contributed by atoms with van der Waals surface area (Å²) in [5, 5.41) is 16.2. The van der Waals surface area contributed by atoms with E-state index >= 15 is 0 Å². The standard InChI is InChI=1S/C43H53N5O6/c1-45(2)40(52)42-22-29-18-30(23-42)25-43(24-29,27-42)41(53)48-26-33(49)21-36(48)38(50)44-34(20-28-12-13-31-8-4-5-9-32(31)19-28)39(51)47-16-14-46(15-17-47)35-10-6-7-11-37(35)54-3/h4-13,19,29-30,33-34,36,49H,14-18,20-27H2,1-3H3,(H,44,50)/t29?,30?,33-,34?,36?,42?,43?/m1/s1. The fourth-order valence-corrected chi connectivity index (χ4v) is 11.2. The first kappa shape index (κ1) is 36.3. The molecular formula is C43H53N5O6. The lowest BCUT2D eigenvalue weighted by atomic mass is 9.43. The van der Waals surface area contributed by atoms with Crippen LogP contribution in [0.3, 0.4) is 0 Å². The Kier molecular flexibility index (Phi) is 9.57. The third-order valence-electron chi connectivity index (χ3n) is 13.1. The van der Waals surface area contributed by atoms with Gasteiger partial charge in [-0.25, -0.2) is 0 Å². The molecule has 4 aliphatic carbocycles. The molecule has 3 aromatic rings. The van der Waals surface area contributed by atoms with Crippen molar-refractivity contribution >= 4 is 40.1 Å². The number of amides is 4. The molecule has 5 atom stereocenters. The SMILES string of the molecule is COc1ccccc1N1CCN(C(=O)C(Cc2ccc3ccccc3c2)NC(=O)C2C[C@@H](O)CN2C(=O)C23CC4CC(CC(C(=O)N(C)C)(C4)C2)C3)CC1. The topological polar surface area (TPSA) is 123 Å². The first-order chi connectivity index (χ1) is 26.0. The molecule has 0 radical (unpaired) electrons. The number of para-hydroxylation sites is 2. The van der Waals surface area contributed by atoms with Gasteiger partial charge in [0, 0.05) is 59.7 Å². The molecule has 0 spiro atoms. The Morgan fingerprint density at radius 3 is 2.24 bits per heavy atom. The minimum absolute atomic E-state index is 0.0663. The van der Waals surface area contributed by atoms with Crippen molar-refractivity contribution < 1.29 is 29.0 Å². The fourth-order valence-electron chi connectivity index (χ4n) is 11.2. The fraction of sp³-hybridized carbons (Fsp3) is 0.535. The van der Waals surface area contributed by atoms with Crippen molar-refractivity contribution in [3.63, 3.8) is 0 Å². The zero-order valence-electron chi connectivity index (χ0n) is 31.7. The van der Waals surface area contributed by atoms with E-state index in [4.69, 9.17) is 4.74 Å². The average molecular weight is 736 g/mol. The van der Waals surface area contributed by atoms with Gasteiger partial charge in [-0.15, -0.1) is 0 Å². The van der Waals surface area contributed by atoms with E-state index in [-0.39, 0.29) is 37.1 Å². The number of hydrogen-bond acceptors (Lipinski definition) is 7. The normalized spacial score (nSPS) is 29.3. The van der Waals surface area contributed by atoms with E-state index < -0.39 is 34.9 Å². The van der Waals surface area contributed by atoms with Gasteiger partial charge < -0.3 is 34.8 Å². The van der Waals surface area contributed by atoms with Crippen LogP contribution in [0.25, 0.3) is 10.8 Å². The number of piperazine rings is 1. The van der Waals surface area contributed by atoms with Gasteiger partial charge in [0.2, 0.25) is 23.6 Å². The molecule has 2 aliphatic heterocycles. The number of hydrogen-bond donors (Lipinski definition) is 2. The van der Waals surface area contributed by atoms with Crippen LogP contribution in [0.2, 0.25) is 0 Å². The predicted octanol–water partition coefficient (Wildman–Crippen LogP) is 3.86. The van der Waals surface area contributed by atoms with Crippen LogP contribution in [0.5, 0.6) is 5.75 Å². The molecule has 6 aliphatic rings. The second-order valence-corrected chi connectivity index (χ2v) is 17.0. The van der Waals surface area contributed by atoms with Gasteiger partial charge in [0.05, 0.1) is 29.7 Å². The number of carbonyl (C=O) groups excluding carboxylic acids is 4. The Bertz CT molecular complexity index is 1930. The van der Waals surface area contributed by atoms with Crippen LogP contribution < -0.4 is 15.0 Å². The monoisotopic (exact) mass is 735 g/mol. The molecule has 0 aromatic heterocycles. The van der Waals surface area contributed by atoms with Crippen molar-refractivity contribution in [2.45, 2.75) is 69.6 Å². The number of methoxy groups -OCH3 is 1. The zero-order valence-corrected chi connectivity index (χ0v) is 31.7. The van der Waals surface area contributed by atoms with E-state index in [1.54, 1.807) is 31.0 Å². The maximum absolute atomic E-state index is 14.8. The Hall–Kier alpha value is -4.64. The summed E-state index contributed by atoms with van der Waals surface area (Å²) in [6.07, 6.45) is 4.13. The molecule has 9 rings (SSSR count). The number of anilines is 1. The summed E-state index contributed by atoms with van der Waals surface area (Å²) in [4.78, 5) is 64.6. The number of likely N-dealkylation sites (tertiary alicyclic amines) is 1. The Balaban J connectivity index is 1.03. The van der Waals surface area contributed by atoms with E-state index in [0.717, 1.165) is 59.9 Å². The van der Waals surface area contributed by atoms with Crippen molar-refractivity contribution in [3.8, 4) is 5.75 Å². The molecule has 4 bridgehead atoms. The molecular weight excluding hydrogens is 683 g/mol. The maximum Gasteiger partial charge on any atom is 0.245 e. The first-order valence-electron chi connectivity index (χ1n) is 19.6. The first-order valence-corrected chi connectivity index (χ1v) is 19.6. The van der Waals surface area contributed by atoms with Crippen molar-refractivity contribution in [3.05, 3.63) is 72.3 Å². The van der Waals surface area contributed by atoms with E-state index in [9.17, 15) is 24.3 Å². The van der Waals surface area contributed by atoms with Crippen LogP contribution in [0.15, 0.2) is 66.7 Å². The molecule has 54 heavy (non-hydrogen) atoms. The van der Waals surface area contributed by atoms with Crippen LogP contribution in [0, 0.1) is 22.7 Å². The van der Waals surface area contributed by atoms with Gasteiger partial charge in [0.25, 0.3) is 0 Å². The quantitative estimate of drug-likeness (QED) is 0.343. The summed E-state index contributed by atoms with van der Waals surface area (Å²) in [6.45, 7) is 2.25. The van der Waals surface area contributed by atoms with Gasteiger partial charge in [-0.1, -0.05) is 54.6 Å². The summed E-state index contributed by atoms with van der Waals surface area (Å²) in [5.74, 6) is 0.771. The van der Waals surface area contributed by atoms with Crippen LogP contribution in [0.1, 0.15) is 50.5 Å². The lowest BCUT2D eigenvalue weighted by Crippen LogP contribution is -2.63. The molecule has 4 saturated carbocycles. The minimum atomic E-state index is -0.907. The van der Waals surface area contributed by atoms with Gasteiger partial charge >= 0.3 is 0 Å².